The summed E-state index contributed by atoms with van der Waals surface area (Å²) in [5, 5.41) is 13.1. The molecular formula is C38H33N5O4. The molecule has 1 fully saturated rings. The number of nitrogens with zero attached hydrogens (tertiary/aromatic N) is 3. The molecule has 4 N–H and O–H groups in total. The Hall–Kier alpha value is -5.83. The van der Waals surface area contributed by atoms with Crippen LogP contribution in [0, 0.1) is 0 Å². The fourth-order valence-corrected chi connectivity index (χ4v) is 6.60. The van der Waals surface area contributed by atoms with Gasteiger partial charge in [-0.25, -0.2) is 14.8 Å². The molecule has 0 unspecified atom stereocenters. The first-order valence-electron chi connectivity index (χ1n) is 15.8. The molecule has 0 aliphatic heterocycles. The monoisotopic (exact) mass is 623 g/mol. The van der Waals surface area contributed by atoms with Crippen LogP contribution in [0.3, 0.4) is 0 Å². The minimum absolute atomic E-state index is 0.219. The average Bonchev–Trinajstić information content (AvgIpc) is 3.49. The van der Waals surface area contributed by atoms with E-state index in [1.54, 1.807) is 24.3 Å². The lowest BCUT2D eigenvalue weighted by Crippen LogP contribution is -2.33. The maximum absolute atomic E-state index is 12.8. The molecule has 0 saturated heterocycles. The number of carboxylic acids is 1. The molecule has 0 bridgehead atoms. The van der Waals surface area contributed by atoms with Gasteiger partial charge in [0.05, 0.1) is 34.4 Å². The lowest BCUT2D eigenvalue weighted by atomic mass is 9.94. The van der Waals surface area contributed by atoms with Gasteiger partial charge in [0.1, 0.15) is 5.82 Å². The molecule has 4 aromatic carbocycles. The third-order valence-electron chi connectivity index (χ3n) is 8.89. The number of imidazole rings is 1. The Morgan fingerprint density at radius 1 is 0.766 bits per heavy atom. The SMILES string of the molecule is NC(=O)CNC(=O)c1ccc(-c2ccccc2)c(-c2ccc3cc(-c4nc5cc(C(=O)O)ccc5n4C4CCCCC4)ccc3n2)c1. The van der Waals surface area contributed by atoms with E-state index in [0.29, 0.717) is 22.8 Å². The zero-order valence-corrected chi connectivity index (χ0v) is 25.6. The summed E-state index contributed by atoms with van der Waals surface area (Å²) in [6.45, 7) is -0.250. The Balaban J connectivity index is 1.31. The summed E-state index contributed by atoms with van der Waals surface area (Å²) in [5.74, 6) is -1.16. The summed E-state index contributed by atoms with van der Waals surface area (Å²) in [6, 6.07) is 30.8. The summed E-state index contributed by atoms with van der Waals surface area (Å²) in [4.78, 5) is 45.8. The molecule has 234 valence electrons. The van der Waals surface area contributed by atoms with Gasteiger partial charge in [-0.2, -0.15) is 0 Å². The molecule has 9 heteroatoms. The number of amides is 2. The second-order valence-corrected chi connectivity index (χ2v) is 12.0. The lowest BCUT2D eigenvalue weighted by Gasteiger charge is -2.25. The van der Waals surface area contributed by atoms with Crippen LogP contribution in [0.4, 0.5) is 0 Å². The number of hydrogen-bond donors (Lipinski definition) is 3. The highest BCUT2D eigenvalue weighted by molar-refractivity contribution is 5.99. The van der Waals surface area contributed by atoms with Crippen LogP contribution in [-0.4, -0.2) is 44.0 Å². The fraction of sp³-hybridized carbons (Fsp3) is 0.184. The second-order valence-electron chi connectivity index (χ2n) is 12.0. The Morgan fingerprint density at radius 3 is 2.32 bits per heavy atom. The summed E-state index contributed by atoms with van der Waals surface area (Å²) in [5.41, 5.74) is 12.6. The van der Waals surface area contributed by atoms with Gasteiger partial charge >= 0.3 is 5.97 Å². The van der Waals surface area contributed by atoms with Gasteiger partial charge in [-0.3, -0.25) is 9.59 Å². The number of aromatic nitrogens is 3. The number of carboxylic acid groups (broad SMARTS) is 1. The maximum atomic E-state index is 12.8. The molecule has 7 rings (SSSR count). The molecule has 0 atom stereocenters. The van der Waals surface area contributed by atoms with E-state index >= 15 is 0 Å². The highest BCUT2D eigenvalue weighted by Gasteiger charge is 2.23. The number of rotatable bonds is 8. The summed E-state index contributed by atoms with van der Waals surface area (Å²) in [7, 11) is 0. The van der Waals surface area contributed by atoms with E-state index in [1.165, 1.54) is 6.42 Å². The molecule has 1 aliphatic carbocycles. The van der Waals surface area contributed by atoms with Gasteiger partial charge in [0.2, 0.25) is 5.91 Å². The van der Waals surface area contributed by atoms with Crippen LogP contribution in [0.15, 0.2) is 97.1 Å². The number of primary amides is 1. The van der Waals surface area contributed by atoms with Gasteiger partial charge in [0.15, 0.2) is 0 Å². The number of carbonyl (C=O) groups is 3. The minimum Gasteiger partial charge on any atom is -0.478 e. The molecule has 0 radical (unpaired) electrons. The van der Waals surface area contributed by atoms with Gasteiger partial charge in [-0.05, 0) is 78.6 Å². The van der Waals surface area contributed by atoms with Gasteiger partial charge in [-0.1, -0.05) is 61.7 Å². The minimum atomic E-state index is -0.972. The molecule has 0 spiro atoms. The van der Waals surface area contributed by atoms with Crippen molar-refractivity contribution < 1.29 is 19.5 Å². The third-order valence-corrected chi connectivity index (χ3v) is 8.89. The predicted octanol–water partition coefficient (Wildman–Crippen LogP) is 7.00. The second kappa shape index (κ2) is 12.5. The van der Waals surface area contributed by atoms with Gasteiger partial charge in [0, 0.05) is 28.1 Å². The third kappa shape index (κ3) is 5.95. The quantitative estimate of drug-likeness (QED) is 0.167. The first-order chi connectivity index (χ1) is 22.9. The summed E-state index contributed by atoms with van der Waals surface area (Å²) >= 11 is 0. The number of aromatic carboxylic acids is 1. The largest absolute Gasteiger partial charge is 0.478 e. The number of hydrogen-bond acceptors (Lipinski definition) is 5. The Kier molecular flexibility index (Phi) is 7.95. The van der Waals surface area contributed by atoms with Crippen molar-refractivity contribution in [2.45, 2.75) is 38.1 Å². The molecule has 2 heterocycles. The number of fused-ring (bicyclic) bond motifs is 2. The predicted molar refractivity (Wildman–Crippen MR) is 182 cm³/mol. The Labute approximate surface area is 271 Å². The van der Waals surface area contributed by atoms with Crippen LogP contribution in [0.2, 0.25) is 0 Å². The normalized spacial score (nSPS) is 13.5. The lowest BCUT2D eigenvalue weighted by molar-refractivity contribution is -0.117. The highest BCUT2D eigenvalue weighted by atomic mass is 16.4. The van der Waals surface area contributed by atoms with Crippen molar-refractivity contribution in [3.8, 4) is 33.8 Å². The van der Waals surface area contributed by atoms with E-state index in [-0.39, 0.29) is 12.1 Å². The average molecular weight is 624 g/mol. The molecule has 47 heavy (non-hydrogen) atoms. The highest BCUT2D eigenvalue weighted by Crippen LogP contribution is 2.38. The van der Waals surface area contributed by atoms with Crippen LogP contribution in [0.25, 0.3) is 55.7 Å². The Bertz CT molecular complexity index is 2170. The van der Waals surface area contributed by atoms with Gasteiger partial charge < -0.3 is 20.7 Å². The van der Waals surface area contributed by atoms with E-state index < -0.39 is 17.8 Å². The topological polar surface area (TPSA) is 140 Å². The van der Waals surface area contributed by atoms with Gasteiger partial charge in [-0.15, -0.1) is 0 Å². The van der Waals surface area contributed by atoms with E-state index in [9.17, 15) is 19.5 Å². The molecule has 2 aromatic heterocycles. The van der Waals surface area contributed by atoms with Crippen LogP contribution >= 0.6 is 0 Å². The van der Waals surface area contributed by atoms with Crippen molar-refractivity contribution in [1.82, 2.24) is 19.9 Å². The first kappa shape index (κ1) is 29.9. The van der Waals surface area contributed by atoms with Gasteiger partial charge in [0.25, 0.3) is 5.91 Å². The molecule has 9 nitrogen and oxygen atoms in total. The van der Waals surface area contributed by atoms with E-state index in [2.05, 4.69) is 16.0 Å². The zero-order chi connectivity index (χ0) is 32.5. The maximum Gasteiger partial charge on any atom is 0.335 e. The van der Waals surface area contributed by atoms with Crippen molar-refractivity contribution >= 4 is 39.7 Å². The van der Waals surface area contributed by atoms with E-state index in [1.807, 2.05) is 66.7 Å². The Morgan fingerprint density at radius 2 is 1.55 bits per heavy atom. The van der Waals surface area contributed by atoms with E-state index in [0.717, 1.165) is 70.2 Å². The summed E-state index contributed by atoms with van der Waals surface area (Å²) < 4.78 is 2.30. The number of nitrogens with one attached hydrogen (secondary N) is 1. The smallest absolute Gasteiger partial charge is 0.335 e. The van der Waals surface area contributed by atoms with Crippen LogP contribution < -0.4 is 11.1 Å². The zero-order valence-electron chi connectivity index (χ0n) is 25.6. The number of benzene rings is 4. The van der Waals surface area contributed by atoms with E-state index in [4.69, 9.17) is 15.7 Å². The molecule has 1 aliphatic rings. The standard InChI is InChI=1S/C38H33N5O4/c39-35(44)22-40-37(45)26-11-15-29(23-7-3-1-4-8-23)30(20-26)32-17-12-24-19-25(13-16-31(24)41-32)36-42-33-21-27(38(46)47)14-18-34(33)43(36)28-9-5-2-6-10-28/h1,3-4,7-8,11-21,28H,2,5-6,9-10,22H2,(H2,39,44)(H,40,45)(H,46,47). The molecular weight excluding hydrogens is 590 g/mol. The molecule has 6 aromatic rings. The first-order valence-corrected chi connectivity index (χ1v) is 15.8. The van der Waals surface area contributed by atoms with Crippen molar-refractivity contribution in [2.24, 2.45) is 5.73 Å². The van der Waals surface area contributed by atoms with Crippen molar-refractivity contribution in [3.05, 3.63) is 108 Å². The van der Waals surface area contributed by atoms with Crippen LogP contribution in [0.1, 0.15) is 58.9 Å². The molecule has 2 amide bonds. The van der Waals surface area contributed by atoms with Crippen molar-refractivity contribution in [2.75, 3.05) is 6.54 Å². The van der Waals surface area contributed by atoms with Crippen LogP contribution in [0.5, 0.6) is 0 Å². The number of nitrogens with two attached hydrogens (primary N) is 1. The fourth-order valence-electron chi connectivity index (χ4n) is 6.60. The van der Waals surface area contributed by atoms with Crippen molar-refractivity contribution in [3.63, 3.8) is 0 Å². The van der Waals surface area contributed by atoms with Crippen LogP contribution in [-0.2, 0) is 4.79 Å². The van der Waals surface area contributed by atoms with Crippen molar-refractivity contribution in [1.29, 1.82) is 0 Å². The number of pyridine rings is 1. The summed E-state index contributed by atoms with van der Waals surface area (Å²) in [6.07, 6.45) is 5.64. The number of carbonyl (C=O) groups excluding carboxylic acids is 2. The molecule has 1 saturated carbocycles.